The number of carbonyl (C=O) groups is 2. The van der Waals surface area contributed by atoms with Crippen LogP contribution in [0, 0.1) is 0 Å². The van der Waals surface area contributed by atoms with Crippen LogP contribution in [0.25, 0.3) is 11.0 Å². The molecule has 0 aliphatic rings. The monoisotopic (exact) mass is 354 g/mol. The molecule has 7 heteroatoms. The predicted molar refractivity (Wildman–Crippen MR) is 95.3 cm³/mol. The smallest absolute Gasteiger partial charge is 0.305 e. The molecular formula is C19H18N2O5. The van der Waals surface area contributed by atoms with E-state index in [-0.39, 0.29) is 5.76 Å². The maximum Gasteiger partial charge on any atom is 0.305 e. The number of benzene rings is 2. The first kappa shape index (κ1) is 17.3. The minimum atomic E-state index is -0.549. The van der Waals surface area contributed by atoms with E-state index in [2.05, 4.69) is 10.9 Å². The van der Waals surface area contributed by atoms with Crippen LogP contribution in [0.4, 0.5) is 0 Å². The molecule has 3 aromatic rings. The van der Waals surface area contributed by atoms with Gasteiger partial charge in [-0.05, 0) is 37.3 Å². The number of hydrogen-bond donors (Lipinski definition) is 2. The summed E-state index contributed by atoms with van der Waals surface area (Å²) in [6.07, 6.45) is 0. The highest BCUT2D eigenvalue weighted by Crippen LogP contribution is 2.28. The first-order chi connectivity index (χ1) is 12.6. The van der Waals surface area contributed by atoms with Gasteiger partial charge in [0.15, 0.2) is 17.3 Å². The molecule has 1 aromatic heterocycles. The maximum absolute atomic E-state index is 12.2. The number of methoxy groups -OCH3 is 1. The summed E-state index contributed by atoms with van der Waals surface area (Å²) in [5, 5.41) is 0.806. The van der Waals surface area contributed by atoms with Crippen molar-refractivity contribution >= 4 is 22.8 Å². The fraction of sp³-hybridized carbons (Fsp3) is 0.158. The van der Waals surface area contributed by atoms with Crippen LogP contribution in [0.1, 0.15) is 27.8 Å². The lowest BCUT2D eigenvalue weighted by molar-refractivity contribution is 0.0832. The van der Waals surface area contributed by atoms with Crippen molar-refractivity contribution in [3.05, 3.63) is 59.9 Å². The van der Waals surface area contributed by atoms with Gasteiger partial charge < -0.3 is 13.9 Å². The van der Waals surface area contributed by atoms with E-state index < -0.39 is 11.8 Å². The van der Waals surface area contributed by atoms with Gasteiger partial charge in [-0.25, -0.2) is 0 Å². The Bertz CT molecular complexity index is 915. The number of nitrogens with one attached hydrogen (secondary N) is 2. The zero-order chi connectivity index (χ0) is 18.5. The van der Waals surface area contributed by atoms with Crippen molar-refractivity contribution in [2.24, 2.45) is 0 Å². The largest absolute Gasteiger partial charge is 0.493 e. The summed E-state index contributed by atoms with van der Waals surface area (Å²) in [5.74, 6) is 0.0417. The number of fused-ring (bicyclic) bond motifs is 1. The van der Waals surface area contributed by atoms with E-state index in [1.807, 2.05) is 25.1 Å². The number of furan rings is 1. The van der Waals surface area contributed by atoms with Crippen LogP contribution < -0.4 is 20.3 Å². The van der Waals surface area contributed by atoms with Gasteiger partial charge in [0.25, 0.3) is 5.91 Å². The summed E-state index contributed by atoms with van der Waals surface area (Å²) < 4.78 is 16.1. The van der Waals surface area contributed by atoms with Gasteiger partial charge in [0.05, 0.1) is 13.7 Å². The summed E-state index contributed by atoms with van der Waals surface area (Å²) in [7, 11) is 1.49. The van der Waals surface area contributed by atoms with Gasteiger partial charge >= 0.3 is 5.91 Å². The molecule has 0 bridgehead atoms. The highest BCUT2D eigenvalue weighted by Gasteiger charge is 2.15. The lowest BCUT2D eigenvalue weighted by atomic mass is 10.2. The molecule has 1 heterocycles. The van der Waals surface area contributed by atoms with E-state index >= 15 is 0 Å². The first-order valence-electron chi connectivity index (χ1n) is 8.02. The van der Waals surface area contributed by atoms with Crippen LogP contribution in [-0.2, 0) is 0 Å². The van der Waals surface area contributed by atoms with Crippen LogP contribution in [0.2, 0.25) is 0 Å². The first-order valence-corrected chi connectivity index (χ1v) is 8.02. The maximum atomic E-state index is 12.2. The average Bonchev–Trinajstić information content (AvgIpc) is 3.10. The molecule has 0 aliphatic heterocycles. The van der Waals surface area contributed by atoms with Crippen molar-refractivity contribution < 1.29 is 23.5 Å². The molecule has 0 fully saturated rings. The van der Waals surface area contributed by atoms with Gasteiger partial charge in [0.2, 0.25) is 0 Å². The third kappa shape index (κ3) is 3.61. The summed E-state index contributed by atoms with van der Waals surface area (Å²) in [4.78, 5) is 24.4. The number of ether oxygens (including phenoxy) is 2. The van der Waals surface area contributed by atoms with Crippen LogP contribution in [0.5, 0.6) is 11.5 Å². The van der Waals surface area contributed by atoms with Gasteiger partial charge in [0, 0.05) is 10.9 Å². The van der Waals surface area contributed by atoms with E-state index in [1.165, 1.54) is 13.2 Å². The van der Waals surface area contributed by atoms with Crippen molar-refractivity contribution in [3.63, 3.8) is 0 Å². The quantitative estimate of drug-likeness (QED) is 0.688. The van der Waals surface area contributed by atoms with E-state index in [9.17, 15) is 9.59 Å². The molecule has 2 aromatic carbocycles. The van der Waals surface area contributed by atoms with Gasteiger partial charge in [-0.3, -0.25) is 20.4 Å². The number of para-hydroxylation sites is 1. The highest BCUT2D eigenvalue weighted by molar-refractivity contribution is 6.00. The second-order valence-corrected chi connectivity index (χ2v) is 5.36. The lowest BCUT2D eigenvalue weighted by Gasteiger charge is -2.11. The molecule has 7 nitrogen and oxygen atoms in total. The molecule has 0 radical (unpaired) electrons. The van der Waals surface area contributed by atoms with Crippen molar-refractivity contribution in [2.75, 3.05) is 13.7 Å². The minimum absolute atomic E-state index is 0.107. The van der Waals surface area contributed by atoms with Gasteiger partial charge in [-0.1, -0.05) is 18.2 Å². The second kappa shape index (κ2) is 7.60. The standard InChI is InChI=1S/C19H18N2O5/c1-3-25-15-9-8-13(11-16(15)24-2)18(22)20-21-19(23)17-10-12-6-4-5-7-14(12)26-17/h4-11H,3H2,1-2H3,(H,20,22)(H,21,23). The molecule has 2 amide bonds. The Balaban J connectivity index is 1.67. The predicted octanol–water partition coefficient (Wildman–Crippen LogP) is 2.91. The van der Waals surface area contributed by atoms with Crippen molar-refractivity contribution in [1.29, 1.82) is 0 Å². The van der Waals surface area contributed by atoms with Crippen molar-refractivity contribution in [2.45, 2.75) is 6.92 Å². The molecule has 0 spiro atoms. The van der Waals surface area contributed by atoms with Crippen LogP contribution in [0.3, 0.4) is 0 Å². The molecule has 3 rings (SSSR count). The fourth-order valence-corrected chi connectivity index (χ4v) is 2.42. The Kier molecular flexibility index (Phi) is 5.07. The molecular weight excluding hydrogens is 336 g/mol. The normalized spacial score (nSPS) is 10.4. The SMILES string of the molecule is CCOc1ccc(C(=O)NNC(=O)c2cc3ccccc3o2)cc1OC. The van der Waals surface area contributed by atoms with E-state index in [0.29, 0.717) is 29.3 Å². The molecule has 0 atom stereocenters. The molecule has 0 saturated heterocycles. The minimum Gasteiger partial charge on any atom is -0.493 e. The zero-order valence-corrected chi connectivity index (χ0v) is 14.4. The molecule has 26 heavy (non-hydrogen) atoms. The summed E-state index contributed by atoms with van der Waals surface area (Å²) in [6.45, 7) is 2.34. The number of amides is 2. The van der Waals surface area contributed by atoms with Crippen LogP contribution in [0.15, 0.2) is 52.9 Å². The Labute approximate surface area is 149 Å². The molecule has 0 saturated carbocycles. The molecule has 134 valence electrons. The van der Waals surface area contributed by atoms with E-state index in [1.54, 1.807) is 24.3 Å². The number of rotatable bonds is 5. The van der Waals surface area contributed by atoms with Gasteiger partial charge in [-0.15, -0.1) is 0 Å². The molecule has 0 aliphatic carbocycles. The summed E-state index contributed by atoms with van der Waals surface area (Å²) in [5.41, 5.74) is 5.59. The Hall–Kier alpha value is -3.48. The Morgan fingerprint density at radius 2 is 1.77 bits per heavy atom. The zero-order valence-electron chi connectivity index (χ0n) is 14.4. The lowest BCUT2D eigenvalue weighted by Crippen LogP contribution is -2.41. The van der Waals surface area contributed by atoms with Gasteiger partial charge in [-0.2, -0.15) is 0 Å². The fourth-order valence-electron chi connectivity index (χ4n) is 2.42. The second-order valence-electron chi connectivity index (χ2n) is 5.36. The Morgan fingerprint density at radius 1 is 1.00 bits per heavy atom. The van der Waals surface area contributed by atoms with Gasteiger partial charge in [0.1, 0.15) is 5.58 Å². The number of carbonyl (C=O) groups excluding carboxylic acids is 2. The number of hydrazine groups is 1. The summed E-state index contributed by atoms with van der Waals surface area (Å²) >= 11 is 0. The topological polar surface area (TPSA) is 89.8 Å². The number of hydrogen-bond acceptors (Lipinski definition) is 5. The Morgan fingerprint density at radius 3 is 2.50 bits per heavy atom. The van der Waals surface area contributed by atoms with Crippen LogP contribution >= 0.6 is 0 Å². The summed E-state index contributed by atoms with van der Waals surface area (Å²) in [6, 6.07) is 13.6. The third-order valence-electron chi connectivity index (χ3n) is 3.66. The third-order valence-corrected chi connectivity index (χ3v) is 3.66. The molecule has 2 N–H and O–H groups in total. The van der Waals surface area contributed by atoms with Crippen LogP contribution in [-0.4, -0.2) is 25.5 Å². The average molecular weight is 354 g/mol. The highest BCUT2D eigenvalue weighted by atomic mass is 16.5. The van der Waals surface area contributed by atoms with E-state index in [4.69, 9.17) is 13.9 Å². The van der Waals surface area contributed by atoms with Crippen molar-refractivity contribution in [3.8, 4) is 11.5 Å². The van der Waals surface area contributed by atoms with Crippen molar-refractivity contribution in [1.82, 2.24) is 10.9 Å². The molecule has 0 unspecified atom stereocenters. The van der Waals surface area contributed by atoms with E-state index in [0.717, 1.165) is 5.39 Å².